The maximum atomic E-state index is 11.6. The molecule has 0 saturated carbocycles. The molecule has 1 unspecified atom stereocenters. The van der Waals surface area contributed by atoms with E-state index in [-0.39, 0.29) is 6.04 Å². The van der Waals surface area contributed by atoms with E-state index in [1.54, 1.807) is 25.2 Å². The Hall–Kier alpha value is -0.390. The zero-order valence-corrected chi connectivity index (χ0v) is 11.6. The molecule has 0 saturated heterocycles. The number of rotatable bonds is 5. The zero-order valence-electron chi connectivity index (χ0n) is 9.93. The number of hydrogen-bond donors (Lipinski definition) is 1. The third kappa shape index (κ3) is 3.06. The van der Waals surface area contributed by atoms with Crippen LogP contribution in [-0.4, -0.2) is 25.5 Å². The molecule has 0 aliphatic carbocycles. The van der Waals surface area contributed by atoms with Crippen molar-refractivity contribution in [2.75, 3.05) is 6.26 Å². The number of aryl methyl sites for hydroxylation is 1. The van der Waals surface area contributed by atoms with E-state index < -0.39 is 14.6 Å². The van der Waals surface area contributed by atoms with E-state index in [1.807, 2.05) is 17.5 Å². The Morgan fingerprint density at radius 2 is 2.12 bits per heavy atom. The first-order chi connectivity index (χ1) is 7.25. The highest BCUT2D eigenvalue weighted by molar-refractivity contribution is 7.92. The molecule has 0 fully saturated rings. The summed E-state index contributed by atoms with van der Waals surface area (Å²) in [6.45, 7) is 3.39. The summed E-state index contributed by atoms with van der Waals surface area (Å²) in [5.74, 6) is 0. The second-order valence-corrected chi connectivity index (χ2v) is 8.23. The Morgan fingerprint density at radius 1 is 1.50 bits per heavy atom. The van der Waals surface area contributed by atoms with Gasteiger partial charge in [0, 0.05) is 17.2 Å². The first-order valence-corrected chi connectivity index (χ1v) is 8.00. The van der Waals surface area contributed by atoms with Gasteiger partial charge in [0.15, 0.2) is 9.84 Å². The van der Waals surface area contributed by atoms with Gasteiger partial charge in [0.2, 0.25) is 0 Å². The lowest BCUT2D eigenvalue weighted by molar-refractivity contribution is 0.464. The van der Waals surface area contributed by atoms with Crippen LogP contribution in [0.25, 0.3) is 0 Å². The number of thiophene rings is 1. The summed E-state index contributed by atoms with van der Waals surface area (Å²) in [7, 11) is -3.11. The zero-order chi connectivity index (χ0) is 12.4. The predicted octanol–water partition coefficient (Wildman–Crippen LogP) is 1.83. The van der Waals surface area contributed by atoms with E-state index in [0.29, 0.717) is 6.42 Å². The molecule has 92 valence electrons. The minimum atomic E-state index is -3.11. The maximum absolute atomic E-state index is 11.6. The summed E-state index contributed by atoms with van der Waals surface area (Å²) in [6.07, 6.45) is 2.79. The maximum Gasteiger partial charge on any atom is 0.154 e. The van der Waals surface area contributed by atoms with Gasteiger partial charge in [-0.25, -0.2) is 8.42 Å². The molecule has 1 rings (SSSR count). The molecule has 1 aromatic heterocycles. The molecule has 0 radical (unpaired) electrons. The van der Waals surface area contributed by atoms with Gasteiger partial charge in [-0.2, -0.15) is 0 Å². The van der Waals surface area contributed by atoms with Crippen LogP contribution < -0.4 is 5.73 Å². The molecule has 5 heteroatoms. The van der Waals surface area contributed by atoms with Crippen molar-refractivity contribution in [1.82, 2.24) is 0 Å². The molecule has 1 atom stereocenters. The second kappa shape index (κ2) is 4.85. The topological polar surface area (TPSA) is 60.2 Å². The summed E-state index contributed by atoms with van der Waals surface area (Å²) < 4.78 is 22.3. The molecule has 1 heterocycles. The number of nitrogens with two attached hydrogens (primary N) is 1. The molecule has 0 spiro atoms. The highest BCUT2D eigenvalue weighted by Crippen LogP contribution is 2.22. The van der Waals surface area contributed by atoms with Crippen molar-refractivity contribution >= 4 is 21.2 Å². The average molecular weight is 261 g/mol. The van der Waals surface area contributed by atoms with E-state index in [2.05, 4.69) is 0 Å². The SMILES string of the molecule is CC(C)(C(N)CCc1cccs1)S(C)(=O)=O. The van der Waals surface area contributed by atoms with Crippen LogP contribution in [0.3, 0.4) is 0 Å². The third-order valence-corrected chi connectivity index (χ3v) is 6.28. The van der Waals surface area contributed by atoms with E-state index in [0.717, 1.165) is 6.42 Å². The van der Waals surface area contributed by atoms with Crippen LogP contribution in [-0.2, 0) is 16.3 Å². The summed E-state index contributed by atoms with van der Waals surface area (Å²) in [5.41, 5.74) is 5.98. The lowest BCUT2D eigenvalue weighted by Gasteiger charge is -2.29. The number of sulfone groups is 1. The highest BCUT2D eigenvalue weighted by atomic mass is 32.2. The summed E-state index contributed by atoms with van der Waals surface area (Å²) in [6, 6.07) is 3.71. The van der Waals surface area contributed by atoms with Crippen LogP contribution in [0.5, 0.6) is 0 Å². The fourth-order valence-corrected chi connectivity index (χ4v) is 2.77. The standard InChI is InChI=1S/C11H19NO2S2/c1-11(2,16(3,13)14)10(12)7-6-9-5-4-8-15-9/h4-5,8,10H,6-7,12H2,1-3H3. The fraction of sp³-hybridized carbons (Fsp3) is 0.636. The van der Waals surface area contributed by atoms with Gasteiger partial charge in [-0.1, -0.05) is 6.07 Å². The molecule has 0 bridgehead atoms. The molecule has 0 aliphatic heterocycles. The van der Waals surface area contributed by atoms with Gasteiger partial charge < -0.3 is 5.73 Å². The van der Waals surface area contributed by atoms with Gasteiger partial charge in [-0.15, -0.1) is 11.3 Å². The molecular formula is C11H19NO2S2. The summed E-state index contributed by atoms with van der Waals surface area (Å²) in [5, 5.41) is 2.02. The van der Waals surface area contributed by atoms with E-state index in [9.17, 15) is 8.42 Å². The summed E-state index contributed by atoms with van der Waals surface area (Å²) >= 11 is 1.68. The molecule has 16 heavy (non-hydrogen) atoms. The number of hydrogen-bond acceptors (Lipinski definition) is 4. The Labute approximate surface area is 102 Å². The molecule has 1 aromatic rings. The normalized spacial score (nSPS) is 15.0. The highest BCUT2D eigenvalue weighted by Gasteiger charge is 2.36. The Morgan fingerprint density at radius 3 is 2.56 bits per heavy atom. The molecule has 0 aromatic carbocycles. The van der Waals surface area contributed by atoms with E-state index in [4.69, 9.17) is 5.73 Å². The van der Waals surface area contributed by atoms with E-state index >= 15 is 0 Å². The van der Waals surface area contributed by atoms with Crippen molar-refractivity contribution in [3.05, 3.63) is 22.4 Å². The second-order valence-electron chi connectivity index (χ2n) is 4.60. The van der Waals surface area contributed by atoms with Crippen LogP contribution in [0, 0.1) is 0 Å². The van der Waals surface area contributed by atoms with Crippen LogP contribution >= 0.6 is 11.3 Å². The lowest BCUT2D eigenvalue weighted by Crippen LogP contribution is -2.48. The van der Waals surface area contributed by atoms with Gasteiger partial charge in [0.05, 0.1) is 4.75 Å². The quantitative estimate of drug-likeness (QED) is 0.879. The smallest absolute Gasteiger partial charge is 0.154 e. The monoisotopic (exact) mass is 261 g/mol. The van der Waals surface area contributed by atoms with Crippen molar-refractivity contribution in [1.29, 1.82) is 0 Å². The first-order valence-electron chi connectivity index (χ1n) is 5.22. The van der Waals surface area contributed by atoms with Crippen molar-refractivity contribution < 1.29 is 8.42 Å². The van der Waals surface area contributed by atoms with Crippen molar-refractivity contribution in [2.45, 2.75) is 37.5 Å². The van der Waals surface area contributed by atoms with Crippen LogP contribution in [0.2, 0.25) is 0 Å². The third-order valence-electron chi connectivity index (χ3n) is 3.13. The van der Waals surface area contributed by atoms with Crippen LogP contribution in [0.15, 0.2) is 17.5 Å². The van der Waals surface area contributed by atoms with Crippen molar-refractivity contribution in [3.8, 4) is 0 Å². The van der Waals surface area contributed by atoms with Gasteiger partial charge in [0.25, 0.3) is 0 Å². The predicted molar refractivity (Wildman–Crippen MR) is 69.5 cm³/mol. The van der Waals surface area contributed by atoms with Crippen molar-refractivity contribution in [2.24, 2.45) is 5.73 Å². The molecule has 3 nitrogen and oxygen atoms in total. The Balaban J connectivity index is 2.62. The van der Waals surface area contributed by atoms with Crippen LogP contribution in [0.1, 0.15) is 25.1 Å². The van der Waals surface area contributed by atoms with Gasteiger partial charge in [0.1, 0.15) is 0 Å². The minimum Gasteiger partial charge on any atom is -0.326 e. The minimum absolute atomic E-state index is 0.329. The lowest BCUT2D eigenvalue weighted by atomic mass is 9.99. The van der Waals surface area contributed by atoms with Gasteiger partial charge >= 0.3 is 0 Å². The summed E-state index contributed by atoms with van der Waals surface area (Å²) in [4.78, 5) is 1.25. The molecule has 0 amide bonds. The van der Waals surface area contributed by atoms with E-state index in [1.165, 1.54) is 11.1 Å². The molecule has 0 aliphatic rings. The molecular weight excluding hydrogens is 242 g/mol. The van der Waals surface area contributed by atoms with Gasteiger partial charge in [-0.05, 0) is 38.1 Å². The largest absolute Gasteiger partial charge is 0.326 e. The van der Waals surface area contributed by atoms with Gasteiger partial charge in [-0.3, -0.25) is 0 Å². The fourth-order valence-electron chi connectivity index (χ4n) is 1.38. The Kier molecular flexibility index (Phi) is 4.15. The first kappa shape index (κ1) is 13.7. The van der Waals surface area contributed by atoms with Crippen molar-refractivity contribution in [3.63, 3.8) is 0 Å². The molecule has 2 N–H and O–H groups in total. The van der Waals surface area contributed by atoms with Crippen LogP contribution in [0.4, 0.5) is 0 Å². The Bertz CT molecular complexity index is 421. The average Bonchev–Trinajstić information content (AvgIpc) is 2.64.